The largest absolute Gasteiger partial charge is 0.493 e. The molecule has 1 aromatic heterocycles. The summed E-state index contributed by atoms with van der Waals surface area (Å²) in [5.74, 6) is -2.77. The van der Waals surface area contributed by atoms with Gasteiger partial charge in [0, 0.05) is 36.1 Å². The first-order valence-corrected chi connectivity index (χ1v) is 14.2. The van der Waals surface area contributed by atoms with Gasteiger partial charge in [-0.05, 0) is 50.5 Å². The van der Waals surface area contributed by atoms with E-state index in [1.807, 2.05) is 0 Å². The third-order valence-corrected chi connectivity index (χ3v) is 9.50. The van der Waals surface area contributed by atoms with Gasteiger partial charge in [-0.25, -0.2) is 17.2 Å². The summed E-state index contributed by atoms with van der Waals surface area (Å²) in [4.78, 5) is 17.4. The van der Waals surface area contributed by atoms with Crippen molar-refractivity contribution < 1.29 is 39.9 Å². The van der Waals surface area contributed by atoms with Crippen LogP contribution in [0.5, 0.6) is 5.75 Å². The molecule has 2 heterocycles. The number of halogens is 5. The molecule has 212 valence electrons. The van der Waals surface area contributed by atoms with Gasteiger partial charge >= 0.3 is 6.18 Å². The van der Waals surface area contributed by atoms with E-state index in [-0.39, 0.29) is 36.8 Å². The first-order chi connectivity index (χ1) is 18.3. The van der Waals surface area contributed by atoms with Crippen LogP contribution in [-0.2, 0) is 21.4 Å². The average molecular weight is 574 g/mol. The Bertz CT molecular complexity index is 1330. The fourth-order valence-corrected chi connectivity index (χ4v) is 6.78. The number of benzene rings is 1. The third-order valence-electron chi connectivity index (χ3n) is 7.49. The Morgan fingerprint density at radius 3 is 2.46 bits per heavy atom. The number of nitrogens with one attached hydrogen (secondary N) is 1. The van der Waals surface area contributed by atoms with E-state index in [2.05, 4.69) is 10.3 Å². The maximum Gasteiger partial charge on any atom is 0.392 e. The van der Waals surface area contributed by atoms with Gasteiger partial charge in [-0.3, -0.25) is 9.78 Å². The minimum atomic E-state index is -4.31. The number of hydrogen-bond acceptors (Lipinski definition) is 5. The fraction of sp³-hybridized carbons (Fsp3) is 0.538. The summed E-state index contributed by atoms with van der Waals surface area (Å²) < 4.78 is 99.5. The van der Waals surface area contributed by atoms with Crippen LogP contribution in [0.15, 0.2) is 41.3 Å². The van der Waals surface area contributed by atoms with E-state index in [0.29, 0.717) is 17.1 Å². The van der Waals surface area contributed by atoms with E-state index in [4.69, 9.17) is 4.74 Å². The zero-order chi connectivity index (χ0) is 28.1. The fourth-order valence-electron chi connectivity index (χ4n) is 4.97. The molecular weight excluding hydrogens is 545 g/mol. The summed E-state index contributed by atoms with van der Waals surface area (Å²) in [5.41, 5.74) is 1.10. The van der Waals surface area contributed by atoms with Crippen LogP contribution in [0.3, 0.4) is 0 Å². The molecule has 5 rings (SSSR count). The maximum atomic E-state index is 14.7. The molecule has 1 N–H and O–H groups in total. The van der Waals surface area contributed by atoms with Crippen LogP contribution >= 0.6 is 0 Å². The van der Waals surface area contributed by atoms with Gasteiger partial charge in [0.05, 0.1) is 35.7 Å². The van der Waals surface area contributed by atoms with Crippen molar-refractivity contribution >= 4 is 15.9 Å². The van der Waals surface area contributed by atoms with Gasteiger partial charge in [-0.1, -0.05) is 0 Å². The maximum absolute atomic E-state index is 14.7. The second-order valence-corrected chi connectivity index (χ2v) is 12.3. The van der Waals surface area contributed by atoms with E-state index in [0.717, 1.165) is 41.4 Å². The number of sulfonamides is 1. The van der Waals surface area contributed by atoms with Crippen molar-refractivity contribution in [3.05, 3.63) is 53.6 Å². The van der Waals surface area contributed by atoms with E-state index < -0.39 is 58.0 Å². The lowest BCUT2D eigenvalue weighted by atomic mass is 10.1. The molecule has 1 saturated heterocycles. The third kappa shape index (κ3) is 6.03. The molecule has 1 aromatic carbocycles. The normalized spacial score (nSPS) is 27.4. The van der Waals surface area contributed by atoms with Crippen LogP contribution in [0.4, 0.5) is 22.0 Å². The highest BCUT2D eigenvalue weighted by Crippen LogP contribution is 2.50. The van der Waals surface area contributed by atoms with Crippen LogP contribution < -0.4 is 10.1 Å². The number of amides is 1. The molecule has 2 aromatic rings. The number of alkyl halides is 4. The average Bonchev–Trinajstić information content (AvgIpc) is 3.79. The Balaban J connectivity index is 1.28. The molecule has 39 heavy (non-hydrogen) atoms. The number of carbonyl (C=O) groups excluding carboxylic acids is 1. The van der Waals surface area contributed by atoms with Gasteiger partial charge in [0.1, 0.15) is 23.8 Å². The van der Waals surface area contributed by atoms with Gasteiger partial charge in [0.15, 0.2) is 0 Å². The van der Waals surface area contributed by atoms with Crippen molar-refractivity contribution in [1.29, 1.82) is 0 Å². The molecule has 2 aliphatic carbocycles. The van der Waals surface area contributed by atoms with Gasteiger partial charge in [0.2, 0.25) is 15.9 Å². The topological polar surface area (TPSA) is 88.6 Å². The van der Waals surface area contributed by atoms with Crippen LogP contribution in [0.2, 0.25) is 0 Å². The van der Waals surface area contributed by atoms with E-state index in [1.54, 1.807) is 6.07 Å². The lowest BCUT2D eigenvalue weighted by molar-refractivity contribution is -0.151. The summed E-state index contributed by atoms with van der Waals surface area (Å²) in [6, 6.07) is 4.84. The van der Waals surface area contributed by atoms with Crippen LogP contribution in [0.25, 0.3) is 0 Å². The van der Waals surface area contributed by atoms with Crippen molar-refractivity contribution in [2.75, 3.05) is 6.61 Å². The second-order valence-electron chi connectivity index (χ2n) is 10.5. The summed E-state index contributed by atoms with van der Waals surface area (Å²) in [7, 11) is -4.31. The minimum absolute atomic E-state index is 0.0275. The molecule has 5 atom stereocenters. The lowest BCUT2D eigenvalue weighted by Gasteiger charge is -2.26. The zero-order valence-electron chi connectivity index (χ0n) is 21.0. The Morgan fingerprint density at radius 1 is 1.15 bits per heavy atom. The van der Waals surface area contributed by atoms with E-state index in [9.17, 15) is 35.2 Å². The summed E-state index contributed by atoms with van der Waals surface area (Å²) >= 11 is 0. The molecule has 13 heteroatoms. The molecule has 1 aliphatic heterocycles. The number of hydrogen-bond donors (Lipinski definition) is 1. The molecule has 0 spiro atoms. The van der Waals surface area contributed by atoms with Gasteiger partial charge < -0.3 is 10.1 Å². The van der Waals surface area contributed by atoms with Gasteiger partial charge in [-0.2, -0.15) is 17.5 Å². The lowest BCUT2D eigenvalue weighted by Crippen LogP contribution is -2.48. The SMILES string of the molecule is C[C@H]1[C@H](F)C[C@@H](C(=O)NCc2cc(OC[C@@H]3C[C@H]3C(F)(F)F)cc(C3CC3)n2)N1S(=O)(=O)c1ccc(F)cc1. The summed E-state index contributed by atoms with van der Waals surface area (Å²) in [5, 5.41) is 2.62. The monoisotopic (exact) mass is 573 g/mol. The first kappa shape index (κ1) is 27.8. The highest BCUT2D eigenvalue weighted by atomic mass is 32.2. The van der Waals surface area contributed by atoms with Crippen molar-refractivity contribution in [3.8, 4) is 5.75 Å². The molecule has 3 fully saturated rings. The summed E-state index contributed by atoms with van der Waals surface area (Å²) in [6.45, 7) is 1.17. The van der Waals surface area contributed by atoms with Crippen molar-refractivity contribution in [1.82, 2.24) is 14.6 Å². The number of rotatable bonds is 9. The molecule has 2 saturated carbocycles. The predicted molar refractivity (Wildman–Crippen MR) is 129 cm³/mol. The molecule has 7 nitrogen and oxygen atoms in total. The predicted octanol–water partition coefficient (Wildman–Crippen LogP) is 4.48. The Labute approximate surface area is 222 Å². The van der Waals surface area contributed by atoms with Gasteiger partial charge in [-0.15, -0.1) is 0 Å². The second kappa shape index (κ2) is 10.3. The summed E-state index contributed by atoms with van der Waals surface area (Å²) in [6.07, 6.45) is -4.33. The standard InChI is InChI=1S/C26H28F5N3O4S/c1-14-22(28)11-24(34(14)39(36,37)20-6-4-17(27)5-7-20)25(35)32-12-18-9-19(10-23(33-18)15-2-3-15)38-13-16-8-21(16)26(29,30)31/h4-7,9-10,14-16,21-22,24H,2-3,8,11-13H2,1H3,(H,32,35)/t14-,16-,21+,22+,24-/m0/s1. The number of aromatic nitrogens is 1. The van der Waals surface area contributed by atoms with E-state index in [1.165, 1.54) is 13.0 Å². The molecule has 0 radical (unpaired) electrons. The minimum Gasteiger partial charge on any atom is -0.493 e. The number of ether oxygens (including phenoxy) is 1. The number of nitrogens with zero attached hydrogens (tertiary/aromatic N) is 2. The van der Waals surface area contributed by atoms with Crippen molar-refractivity contribution in [2.24, 2.45) is 11.8 Å². The molecule has 1 amide bonds. The van der Waals surface area contributed by atoms with Gasteiger partial charge in [0.25, 0.3) is 0 Å². The Kier molecular flexibility index (Phi) is 7.34. The quantitative estimate of drug-likeness (QED) is 0.447. The smallest absolute Gasteiger partial charge is 0.392 e. The van der Waals surface area contributed by atoms with Crippen molar-refractivity contribution in [3.63, 3.8) is 0 Å². The highest BCUT2D eigenvalue weighted by Gasteiger charge is 2.56. The Hall–Kier alpha value is -2.80. The van der Waals surface area contributed by atoms with Crippen LogP contribution in [-0.4, -0.2) is 54.7 Å². The Morgan fingerprint density at radius 2 is 1.85 bits per heavy atom. The zero-order valence-corrected chi connectivity index (χ0v) is 21.8. The first-order valence-electron chi connectivity index (χ1n) is 12.8. The molecule has 0 unspecified atom stereocenters. The molecular formula is C26H28F5N3O4S. The molecule has 0 bridgehead atoms. The number of carbonyl (C=O) groups is 1. The van der Waals surface area contributed by atoms with Crippen molar-refractivity contribution in [2.45, 2.75) is 74.4 Å². The highest BCUT2D eigenvalue weighted by molar-refractivity contribution is 7.89. The van der Waals surface area contributed by atoms with Crippen LogP contribution in [0, 0.1) is 17.7 Å². The number of pyridine rings is 1. The van der Waals surface area contributed by atoms with E-state index >= 15 is 0 Å². The molecule has 3 aliphatic rings. The van der Waals surface area contributed by atoms with Crippen LogP contribution in [0.1, 0.15) is 49.9 Å².